The molecule has 0 saturated carbocycles. The van der Waals surface area contributed by atoms with Crippen molar-refractivity contribution in [2.75, 3.05) is 5.73 Å². The lowest BCUT2D eigenvalue weighted by Crippen LogP contribution is -2.17. The van der Waals surface area contributed by atoms with Gasteiger partial charge in [0.1, 0.15) is 5.75 Å². The van der Waals surface area contributed by atoms with Crippen molar-refractivity contribution in [2.45, 2.75) is 6.36 Å². The molecule has 1 aromatic rings. The van der Waals surface area contributed by atoms with Crippen LogP contribution < -0.4 is 10.5 Å². The Kier molecular flexibility index (Phi) is 3.51. The summed E-state index contributed by atoms with van der Waals surface area (Å²) < 4.78 is 40.1. The standard InChI is InChI=1S/C7H4BrF3INO/c8-3-1-5(13)4(12)2-6(3)14-7(9,10)11/h1-2H,13H2. The number of anilines is 1. The monoisotopic (exact) mass is 381 g/mol. The van der Waals surface area contributed by atoms with E-state index in [-0.39, 0.29) is 10.2 Å². The van der Waals surface area contributed by atoms with E-state index in [1.807, 2.05) is 22.6 Å². The fraction of sp³-hybridized carbons (Fsp3) is 0.143. The second-order valence-corrected chi connectivity index (χ2v) is 4.37. The van der Waals surface area contributed by atoms with Crippen LogP contribution in [0.15, 0.2) is 16.6 Å². The highest BCUT2D eigenvalue weighted by Gasteiger charge is 2.32. The predicted octanol–water partition coefficient (Wildman–Crippen LogP) is 3.53. The quantitative estimate of drug-likeness (QED) is 0.596. The molecule has 0 aliphatic heterocycles. The first-order chi connectivity index (χ1) is 6.29. The highest BCUT2D eigenvalue weighted by Crippen LogP contribution is 2.34. The van der Waals surface area contributed by atoms with E-state index in [4.69, 9.17) is 5.73 Å². The van der Waals surface area contributed by atoms with Gasteiger partial charge in [0.25, 0.3) is 0 Å². The minimum absolute atomic E-state index is 0.174. The smallest absolute Gasteiger partial charge is 0.405 e. The van der Waals surface area contributed by atoms with Crippen molar-refractivity contribution in [3.63, 3.8) is 0 Å². The van der Waals surface area contributed by atoms with Crippen molar-refractivity contribution in [3.8, 4) is 5.75 Å². The number of halogens is 5. The van der Waals surface area contributed by atoms with Gasteiger partial charge in [-0.25, -0.2) is 0 Å². The summed E-state index contributed by atoms with van der Waals surface area (Å²) in [6.07, 6.45) is -4.69. The Balaban J connectivity index is 3.04. The van der Waals surface area contributed by atoms with Gasteiger partial charge in [-0.2, -0.15) is 0 Å². The van der Waals surface area contributed by atoms with Crippen LogP contribution in [0, 0.1) is 3.57 Å². The Morgan fingerprint density at radius 2 is 1.93 bits per heavy atom. The topological polar surface area (TPSA) is 35.2 Å². The van der Waals surface area contributed by atoms with Gasteiger partial charge < -0.3 is 10.5 Å². The number of nitrogens with two attached hydrogens (primary N) is 1. The zero-order valence-corrected chi connectivity index (χ0v) is 10.3. The molecule has 1 aromatic carbocycles. The van der Waals surface area contributed by atoms with Crippen molar-refractivity contribution >= 4 is 44.2 Å². The van der Waals surface area contributed by atoms with Crippen LogP contribution in [0.5, 0.6) is 5.75 Å². The summed E-state index contributed by atoms with van der Waals surface area (Å²) in [6, 6.07) is 2.58. The molecule has 14 heavy (non-hydrogen) atoms. The molecular formula is C7H4BrF3INO. The van der Waals surface area contributed by atoms with Crippen molar-refractivity contribution < 1.29 is 17.9 Å². The van der Waals surface area contributed by atoms with Gasteiger partial charge in [-0.3, -0.25) is 0 Å². The van der Waals surface area contributed by atoms with Crippen LogP contribution in [0.4, 0.5) is 18.9 Å². The molecule has 2 nitrogen and oxygen atoms in total. The summed E-state index contributed by atoms with van der Waals surface area (Å²) in [7, 11) is 0. The molecule has 0 atom stereocenters. The van der Waals surface area contributed by atoms with Gasteiger partial charge >= 0.3 is 6.36 Å². The molecule has 0 radical (unpaired) electrons. The zero-order chi connectivity index (χ0) is 10.9. The zero-order valence-electron chi connectivity index (χ0n) is 6.53. The number of hydrogen-bond donors (Lipinski definition) is 1. The number of rotatable bonds is 1. The lowest BCUT2D eigenvalue weighted by atomic mass is 10.3. The largest absolute Gasteiger partial charge is 0.573 e. The predicted molar refractivity (Wildman–Crippen MR) is 58.0 cm³/mol. The van der Waals surface area contributed by atoms with E-state index in [2.05, 4.69) is 20.7 Å². The summed E-state index contributed by atoms with van der Waals surface area (Å²) >= 11 is 4.75. The number of alkyl halides is 3. The van der Waals surface area contributed by atoms with Gasteiger partial charge in [-0.15, -0.1) is 13.2 Å². The number of ether oxygens (including phenoxy) is 1. The molecule has 7 heteroatoms. The maximum atomic E-state index is 11.9. The third kappa shape index (κ3) is 3.19. The highest BCUT2D eigenvalue weighted by atomic mass is 127. The van der Waals surface area contributed by atoms with E-state index in [0.29, 0.717) is 9.26 Å². The first kappa shape index (κ1) is 11.9. The Morgan fingerprint density at radius 1 is 1.36 bits per heavy atom. The van der Waals surface area contributed by atoms with E-state index in [1.165, 1.54) is 12.1 Å². The van der Waals surface area contributed by atoms with Crippen molar-refractivity contribution in [2.24, 2.45) is 0 Å². The van der Waals surface area contributed by atoms with E-state index >= 15 is 0 Å². The van der Waals surface area contributed by atoms with Crippen molar-refractivity contribution in [3.05, 3.63) is 20.2 Å². The molecule has 0 saturated heterocycles. The number of benzene rings is 1. The minimum Gasteiger partial charge on any atom is -0.405 e. The van der Waals surface area contributed by atoms with Crippen LogP contribution in [-0.2, 0) is 0 Å². The van der Waals surface area contributed by atoms with E-state index in [0.717, 1.165) is 0 Å². The molecule has 0 aliphatic rings. The number of hydrogen-bond acceptors (Lipinski definition) is 2. The molecule has 0 unspecified atom stereocenters. The summed E-state index contributed by atoms with van der Waals surface area (Å²) in [5, 5.41) is 0. The third-order valence-electron chi connectivity index (χ3n) is 1.28. The van der Waals surface area contributed by atoms with Crippen LogP contribution >= 0.6 is 38.5 Å². The third-order valence-corrected chi connectivity index (χ3v) is 2.83. The van der Waals surface area contributed by atoms with Gasteiger partial charge in [-0.05, 0) is 50.7 Å². The molecule has 0 aliphatic carbocycles. The summed E-state index contributed by atoms with van der Waals surface area (Å²) in [6.45, 7) is 0. The van der Waals surface area contributed by atoms with Crippen LogP contribution in [-0.4, -0.2) is 6.36 Å². The van der Waals surface area contributed by atoms with Crippen LogP contribution in [0.2, 0.25) is 0 Å². The van der Waals surface area contributed by atoms with E-state index in [1.54, 1.807) is 0 Å². The molecular weight excluding hydrogens is 378 g/mol. The molecule has 0 spiro atoms. The first-order valence-corrected chi connectivity index (χ1v) is 5.17. The van der Waals surface area contributed by atoms with E-state index < -0.39 is 6.36 Å². The van der Waals surface area contributed by atoms with Gasteiger partial charge in [0, 0.05) is 9.26 Å². The second kappa shape index (κ2) is 4.13. The Morgan fingerprint density at radius 3 is 2.43 bits per heavy atom. The van der Waals surface area contributed by atoms with Crippen molar-refractivity contribution in [1.29, 1.82) is 0 Å². The summed E-state index contributed by atoms with van der Waals surface area (Å²) in [5.74, 6) is -0.295. The van der Waals surface area contributed by atoms with Gasteiger partial charge in [0.2, 0.25) is 0 Å². The molecule has 78 valence electrons. The summed E-state index contributed by atoms with van der Waals surface area (Å²) in [5.41, 5.74) is 5.87. The average molecular weight is 382 g/mol. The Bertz CT molecular complexity index is 356. The lowest BCUT2D eigenvalue weighted by molar-refractivity contribution is -0.274. The Hall–Kier alpha value is -0.180. The fourth-order valence-electron chi connectivity index (χ4n) is 0.747. The Labute approximate surface area is 99.9 Å². The molecule has 0 fully saturated rings. The lowest BCUT2D eigenvalue weighted by Gasteiger charge is -2.11. The molecule has 0 amide bonds. The molecule has 2 N–H and O–H groups in total. The molecule has 0 bridgehead atoms. The minimum atomic E-state index is -4.69. The fourth-order valence-corrected chi connectivity index (χ4v) is 1.63. The molecule has 0 aromatic heterocycles. The maximum absolute atomic E-state index is 11.9. The van der Waals surface area contributed by atoms with Crippen LogP contribution in [0.25, 0.3) is 0 Å². The van der Waals surface area contributed by atoms with Crippen molar-refractivity contribution in [1.82, 2.24) is 0 Å². The van der Waals surface area contributed by atoms with Crippen LogP contribution in [0.1, 0.15) is 0 Å². The normalized spacial score (nSPS) is 11.5. The first-order valence-electron chi connectivity index (χ1n) is 3.30. The van der Waals surface area contributed by atoms with Crippen LogP contribution in [0.3, 0.4) is 0 Å². The highest BCUT2D eigenvalue weighted by molar-refractivity contribution is 14.1. The average Bonchev–Trinajstić information content (AvgIpc) is 1.97. The maximum Gasteiger partial charge on any atom is 0.573 e. The molecule has 1 rings (SSSR count). The molecule has 0 heterocycles. The second-order valence-electron chi connectivity index (χ2n) is 2.35. The van der Waals surface area contributed by atoms with Gasteiger partial charge in [-0.1, -0.05) is 0 Å². The van der Waals surface area contributed by atoms with E-state index in [9.17, 15) is 13.2 Å². The van der Waals surface area contributed by atoms with Gasteiger partial charge in [0.15, 0.2) is 0 Å². The SMILES string of the molecule is Nc1cc(Br)c(OC(F)(F)F)cc1I. The number of nitrogen functional groups attached to an aromatic ring is 1. The van der Waals surface area contributed by atoms with Gasteiger partial charge in [0.05, 0.1) is 4.47 Å². The summed E-state index contributed by atoms with van der Waals surface area (Å²) in [4.78, 5) is 0.